The van der Waals surface area contributed by atoms with Crippen molar-refractivity contribution in [1.82, 2.24) is 20.2 Å². The minimum absolute atomic E-state index is 0.0866. The number of ether oxygens (including phenoxy) is 1. The maximum absolute atomic E-state index is 12.5. The van der Waals surface area contributed by atoms with Crippen LogP contribution in [0.3, 0.4) is 0 Å². The topological polar surface area (TPSA) is 99.6 Å². The lowest BCUT2D eigenvalue weighted by molar-refractivity contribution is 0.0209. The fraction of sp³-hybridized carbons (Fsp3) is 0.450. The Morgan fingerprint density at radius 2 is 2.10 bits per heavy atom. The van der Waals surface area contributed by atoms with Crippen LogP contribution in [0.4, 0.5) is 5.82 Å². The van der Waals surface area contributed by atoms with Crippen LogP contribution in [-0.2, 0) is 17.7 Å². The molecule has 1 aromatic heterocycles. The van der Waals surface area contributed by atoms with Crippen molar-refractivity contribution in [1.29, 1.82) is 0 Å². The Morgan fingerprint density at radius 3 is 2.86 bits per heavy atom. The van der Waals surface area contributed by atoms with Crippen LogP contribution in [0.1, 0.15) is 21.6 Å². The van der Waals surface area contributed by atoms with E-state index in [9.17, 15) is 9.90 Å². The van der Waals surface area contributed by atoms with Gasteiger partial charge in [-0.2, -0.15) is 0 Å². The zero-order valence-electron chi connectivity index (χ0n) is 16.0. The maximum Gasteiger partial charge on any atom is 0.271 e. The molecule has 3 N–H and O–H groups in total. The third-order valence-corrected chi connectivity index (χ3v) is 5.52. The molecule has 1 aromatic carbocycles. The van der Waals surface area contributed by atoms with E-state index in [1.54, 1.807) is 0 Å². The molecule has 2 aliphatic heterocycles. The zero-order chi connectivity index (χ0) is 20.2. The molecule has 4 rings (SSSR count). The third-order valence-electron chi connectivity index (χ3n) is 5.16. The molecule has 1 atom stereocenters. The number of carbonyl (C=O) groups excluding carboxylic acids is 1. The molecule has 1 amide bonds. The molecule has 8 nitrogen and oxygen atoms in total. The molecule has 0 spiro atoms. The Balaban J connectivity index is 1.29. The van der Waals surface area contributed by atoms with Crippen molar-refractivity contribution >= 4 is 23.3 Å². The number of benzene rings is 1. The second-order valence-electron chi connectivity index (χ2n) is 7.38. The fourth-order valence-corrected chi connectivity index (χ4v) is 3.75. The predicted molar refractivity (Wildman–Crippen MR) is 109 cm³/mol. The van der Waals surface area contributed by atoms with Gasteiger partial charge in [0, 0.05) is 26.2 Å². The first-order chi connectivity index (χ1) is 14.1. The van der Waals surface area contributed by atoms with Crippen molar-refractivity contribution in [2.24, 2.45) is 0 Å². The average molecular weight is 418 g/mol. The number of amides is 1. The van der Waals surface area contributed by atoms with Gasteiger partial charge in [-0.3, -0.25) is 9.69 Å². The largest absolute Gasteiger partial charge is 0.390 e. The molecular formula is C20H24ClN5O3. The van der Waals surface area contributed by atoms with Crippen LogP contribution < -0.4 is 10.6 Å². The Kier molecular flexibility index (Phi) is 6.25. The van der Waals surface area contributed by atoms with Crippen molar-refractivity contribution in [2.75, 3.05) is 38.2 Å². The summed E-state index contributed by atoms with van der Waals surface area (Å²) in [6.07, 6.45) is 1.58. The molecule has 0 aliphatic carbocycles. The monoisotopic (exact) mass is 417 g/mol. The van der Waals surface area contributed by atoms with E-state index >= 15 is 0 Å². The first kappa shape index (κ1) is 20.0. The van der Waals surface area contributed by atoms with Gasteiger partial charge in [-0.1, -0.05) is 35.9 Å². The summed E-state index contributed by atoms with van der Waals surface area (Å²) < 4.78 is 5.11. The number of halogens is 1. The predicted octanol–water partition coefficient (Wildman–Crippen LogP) is 1.09. The standard InChI is InChI=1S/C20H24ClN5O3/c21-17-18(23-12-24-19(17)25-15-10-29-11-15)20(28)22-7-16(27)9-26-6-5-13-3-1-2-4-14(13)8-26/h1-4,12,15-16,27H,5-11H2,(H,22,28)(H,23,24,25). The van der Waals surface area contributed by atoms with Crippen LogP contribution in [0, 0.1) is 0 Å². The summed E-state index contributed by atoms with van der Waals surface area (Å²) in [4.78, 5) is 22.8. The number of fused-ring (bicyclic) bond motifs is 1. The molecule has 154 valence electrons. The lowest BCUT2D eigenvalue weighted by Gasteiger charge is -2.30. The maximum atomic E-state index is 12.5. The van der Waals surface area contributed by atoms with E-state index in [-0.39, 0.29) is 23.3 Å². The van der Waals surface area contributed by atoms with Crippen molar-refractivity contribution in [3.63, 3.8) is 0 Å². The van der Waals surface area contributed by atoms with Gasteiger partial charge in [0.25, 0.3) is 5.91 Å². The van der Waals surface area contributed by atoms with Gasteiger partial charge >= 0.3 is 0 Å². The molecule has 1 unspecified atom stereocenters. The highest BCUT2D eigenvalue weighted by atomic mass is 35.5. The molecular weight excluding hydrogens is 394 g/mol. The van der Waals surface area contributed by atoms with Gasteiger partial charge < -0.3 is 20.5 Å². The molecule has 1 fully saturated rings. The number of aliphatic hydroxyl groups excluding tert-OH is 1. The molecule has 0 bridgehead atoms. The van der Waals surface area contributed by atoms with Gasteiger partial charge in [-0.05, 0) is 17.5 Å². The first-order valence-electron chi connectivity index (χ1n) is 9.70. The highest BCUT2D eigenvalue weighted by Gasteiger charge is 2.23. The lowest BCUT2D eigenvalue weighted by atomic mass is 10.00. The second kappa shape index (κ2) is 9.04. The summed E-state index contributed by atoms with van der Waals surface area (Å²) in [7, 11) is 0. The quantitative estimate of drug-likeness (QED) is 0.620. The second-order valence-corrected chi connectivity index (χ2v) is 7.76. The first-order valence-corrected chi connectivity index (χ1v) is 10.1. The van der Waals surface area contributed by atoms with Crippen molar-refractivity contribution < 1.29 is 14.6 Å². The lowest BCUT2D eigenvalue weighted by Crippen LogP contribution is -2.42. The summed E-state index contributed by atoms with van der Waals surface area (Å²) in [5.74, 6) is -0.0269. The van der Waals surface area contributed by atoms with Gasteiger partial charge in [0.05, 0.1) is 25.4 Å². The Morgan fingerprint density at radius 1 is 1.31 bits per heavy atom. The Labute approximate surface area is 174 Å². The third kappa shape index (κ3) is 4.84. The van der Waals surface area contributed by atoms with Gasteiger partial charge in [-0.25, -0.2) is 9.97 Å². The van der Waals surface area contributed by atoms with Crippen molar-refractivity contribution in [3.05, 3.63) is 52.4 Å². The smallest absolute Gasteiger partial charge is 0.271 e. The molecule has 9 heteroatoms. The van der Waals surface area contributed by atoms with Crippen molar-refractivity contribution in [3.8, 4) is 0 Å². The summed E-state index contributed by atoms with van der Waals surface area (Å²) >= 11 is 6.29. The summed E-state index contributed by atoms with van der Waals surface area (Å²) in [5, 5.41) is 16.4. The van der Waals surface area contributed by atoms with Crippen LogP contribution >= 0.6 is 11.6 Å². The molecule has 29 heavy (non-hydrogen) atoms. The van der Waals surface area contributed by atoms with E-state index < -0.39 is 12.0 Å². The highest BCUT2D eigenvalue weighted by molar-refractivity contribution is 6.35. The number of aromatic nitrogens is 2. The van der Waals surface area contributed by atoms with Crippen LogP contribution in [0.2, 0.25) is 5.02 Å². The molecule has 0 saturated carbocycles. The van der Waals surface area contributed by atoms with E-state index in [1.165, 1.54) is 17.5 Å². The van der Waals surface area contributed by atoms with Crippen LogP contribution in [0.25, 0.3) is 0 Å². The van der Waals surface area contributed by atoms with Gasteiger partial charge in [0.15, 0.2) is 5.69 Å². The number of nitrogens with one attached hydrogen (secondary N) is 2. The van der Waals surface area contributed by atoms with E-state index in [4.69, 9.17) is 16.3 Å². The fourth-order valence-electron chi connectivity index (χ4n) is 3.51. The van der Waals surface area contributed by atoms with Gasteiger partial charge in [0.1, 0.15) is 17.2 Å². The molecule has 2 aromatic rings. The number of rotatable bonds is 7. The molecule has 2 aliphatic rings. The van der Waals surface area contributed by atoms with Gasteiger partial charge in [-0.15, -0.1) is 0 Å². The molecule has 3 heterocycles. The van der Waals surface area contributed by atoms with E-state index in [2.05, 4.69) is 43.7 Å². The summed E-state index contributed by atoms with van der Waals surface area (Å²) in [6.45, 7) is 3.46. The minimum Gasteiger partial charge on any atom is -0.390 e. The van der Waals surface area contributed by atoms with Crippen LogP contribution in [-0.4, -0.2) is 70.9 Å². The van der Waals surface area contributed by atoms with E-state index in [0.29, 0.717) is 25.6 Å². The highest BCUT2D eigenvalue weighted by Crippen LogP contribution is 2.23. The normalized spacial score (nSPS) is 17.9. The molecule has 0 radical (unpaired) electrons. The summed E-state index contributed by atoms with van der Waals surface area (Å²) in [6, 6.07) is 8.49. The number of hydrogen-bond acceptors (Lipinski definition) is 7. The number of aliphatic hydroxyl groups is 1. The van der Waals surface area contributed by atoms with Crippen LogP contribution in [0.15, 0.2) is 30.6 Å². The van der Waals surface area contributed by atoms with Crippen LogP contribution in [0.5, 0.6) is 0 Å². The number of hydrogen-bond donors (Lipinski definition) is 3. The number of β-amino-alcohol motifs (C(OH)–C–C–N with tert-alkyl or cyclic N) is 1. The average Bonchev–Trinajstić information content (AvgIpc) is 2.70. The van der Waals surface area contributed by atoms with Gasteiger partial charge in [0.2, 0.25) is 0 Å². The SMILES string of the molecule is O=C(NCC(O)CN1CCc2ccccc2C1)c1ncnc(NC2COC2)c1Cl. The zero-order valence-corrected chi connectivity index (χ0v) is 16.7. The molecule has 1 saturated heterocycles. The Hall–Kier alpha value is -2.26. The summed E-state index contributed by atoms with van der Waals surface area (Å²) in [5.41, 5.74) is 2.74. The number of anilines is 1. The number of carbonyl (C=O) groups is 1. The minimum atomic E-state index is -0.686. The van der Waals surface area contributed by atoms with Crippen molar-refractivity contribution in [2.45, 2.75) is 25.1 Å². The number of nitrogens with zero attached hydrogens (tertiary/aromatic N) is 3. The Bertz CT molecular complexity index is 877. The van der Waals surface area contributed by atoms with E-state index in [1.807, 2.05) is 6.07 Å². The van der Waals surface area contributed by atoms with E-state index in [0.717, 1.165) is 19.5 Å².